The van der Waals surface area contributed by atoms with Crippen molar-refractivity contribution in [3.8, 4) is 0 Å². The zero-order valence-electron chi connectivity index (χ0n) is 12.3. The largest absolute Gasteiger partial charge is 0.468 e. The minimum atomic E-state index is 0.345. The maximum absolute atomic E-state index is 12.2. The van der Waals surface area contributed by atoms with Crippen molar-refractivity contribution in [2.75, 3.05) is 12.3 Å². The van der Waals surface area contributed by atoms with E-state index in [4.69, 9.17) is 4.42 Å². The summed E-state index contributed by atoms with van der Waals surface area (Å²) in [6.07, 6.45) is 6.96. The lowest BCUT2D eigenvalue weighted by atomic mass is 10.0. The predicted octanol–water partition coefficient (Wildman–Crippen LogP) is 3.31. The van der Waals surface area contributed by atoms with Gasteiger partial charge in [0.25, 0.3) is 0 Å². The third-order valence-electron chi connectivity index (χ3n) is 5.63. The van der Waals surface area contributed by atoms with Crippen LogP contribution in [0.3, 0.4) is 0 Å². The second-order valence-electron chi connectivity index (χ2n) is 6.79. The number of hydrogen-bond acceptors (Lipinski definition) is 3. The van der Waals surface area contributed by atoms with Crippen LogP contribution in [0.5, 0.6) is 0 Å². The lowest BCUT2D eigenvalue weighted by Crippen LogP contribution is -2.28. The summed E-state index contributed by atoms with van der Waals surface area (Å²) in [5.41, 5.74) is 0. The summed E-state index contributed by atoms with van der Waals surface area (Å²) >= 11 is 1.87. The van der Waals surface area contributed by atoms with Gasteiger partial charge in [0.2, 0.25) is 5.91 Å². The Morgan fingerprint density at radius 3 is 2.86 bits per heavy atom. The first-order valence-electron chi connectivity index (χ1n) is 8.22. The Morgan fingerprint density at radius 2 is 2.14 bits per heavy atom. The van der Waals surface area contributed by atoms with E-state index < -0.39 is 0 Å². The molecule has 0 spiro atoms. The Hall–Kier alpha value is -0.900. The van der Waals surface area contributed by atoms with Gasteiger partial charge in [-0.1, -0.05) is 0 Å². The number of thioether (sulfide) groups is 1. The molecular weight excluding hydrogens is 282 g/mol. The molecule has 4 rings (SSSR count). The van der Waals surface area contributed by atoms with Crippen molar-refractivity contribution in [3.05, 3.63) is 24.2 Å². The zero-order chi connectivity index (χ0) is 14.2. The first-order valence-corrected chi connectivity index (χ1v) is 9.38. The maximum Gasteiger partial charge on any atom is 0.223 e. The standard InChI is InChI=1S/C17H23NO2S/c19-17(16-14-11-4-5-12(9-11)15(14)16)18-6-2-8-21-10-13-3-1-7-20-13/h1,3,7,11-12,14-16H,2,4-6,8-10H2,(H,18,19)/t11-,12+,14+,15-,16?. The summed E-state index contributed by atoms with van der Waals surface area (Å²) < 4.78 is 5.30. The number of carbonyl (C=O) groups is 1. The van der Waals surface area contributed by atoms with Crippen LogP contribution in [0, 0.1) is 29.6 Å². The highest BCUT2D eigenvalue weighted by atomic mass is 32.2. The van der Waals surface area contributed by atoms with Crippen LogP contribution in [0.2, 0.25) is 0 Å². The Kier molecular flexibility index (Phi) is 3.74. The monoisotopic (exact) mass is 305 g/mol. The van der Waals surface area contributed by atoms with E-state index in [1.165, 1.54) is 19.3 Å². The van der Waals surface area contributed by atoms with Crippen LogP contribution in [0.4, 0.5) is 0 Å². The van der Waals surface area contributed by atoms with E-state index in [0.29, 0.717) is 11.8 Å². The third-order valence-corrected chi connectivity index (χ3v) is 6.69. The van der Waals surface area contributed by atoms with E-state index in [1.54, 1.807) is 6.26 Å². The van der Waals surface area contributed by atoms with Gasteiger partial charge in [-0.3, -0.25) is 4.79 Å². The minimum absolute atomic E-state index is 0.345. The number of hydrogen-bond donors (Lipinski definition) is 1. The molecule has 1 N–H and O–H groups in total. The fourth-order valence-electron chi connectivity index (χ4n) is 4.75. The summed E-state index contributed by atoms with van der Waals surface area (Å²) in [6.45, 7) is 0.829. The third kappa shape index (κ3) is 2.63. The van der Waals surface area contributed by atoms with Crippen LogP contribution in [0.1, 0.15) is 31.4 Å². The van der Waals surface area contributed by atoms with Crippen LogP contribution in [0.25, 0.3) is 0 Å². The van der Waals surface area contributed by atoms with Crippen LogP contribution in [-0.4, -0.2) is 18.2 Å². The molecule has 1 heterocycles. The van der Waals surface area contributed by atoms with Crippen molar-refractivity contribution in [1.82, 2.24) is 5.32 Å². The predicted molar refractivity (Wildman–Crippen MR) is 83.8 cm³/mol. The quantitative estimate of drug-likeness (QED) is 0.786. The van der Waals surface area contributed by atoms with Gasteiger partial charge in [0.05, 0.1) is 12.0 Å². The normalized spacial score (nSPS) is 35.7. The van der Waals surface area contributed by atoms with Gasteiger partial charge in [-0.05, 0) is 67.2 Å². The van der Waals surface area contributed by atoms with Crippen molar-refractivity contribution < 1.29 is 9.21 Å². The molecule has 0 saturated heterocycles. The molecule has 0 aromatic carbocycles. The van der Waals surface area contributed by atoms with Crippen LogP contribution >= 0.6 is 11.8 Å². The van der Waals surface area contributed by atoms with Crippen molar-refractivity contribution in [1.29, 1.82) is 0 Å². The highest BCUT2D eigenvalue weighted by molar-refractivity contribution is 7.98. The van der Waals surface area contributed by atoms with Gasteiger partial charge < -0.3 is 9.73 Å². The van der Waals surface area contributed by atoms with Crippen LogP contribution in [-0.2, 0) is 10.5 Å². The molecule has 0 radical (unpaired) electrons. The molecule has 5 atom stereocenters. The number of furan rings is 1. The topological polar surface area (TPSA) is 42.2 Å². The molecule has 2 bridgehead atoms. The molecule has 1 amide bonds. The van der Waals surface area contributed by atoms with Crippen molar-refractivity contribution >= 4 is 17.7 Å². The molecule has 4 heteroatoms. The lowest BCUT2D eigenvalue weighted by molar-refractivity contribution is -0.123. The van der Waals surface area contributed by atoms with Gasteiger partial charge in [-0.25, -0.2) is 0 Å². The molecule has 114 valence electrons. The molecule has 1 aromatic heterocycles. The molecule has 3 saturated carbocycles. The first-order chi connectivity index (χ1) is 10.3. The fraction of sp³-hybridized carbons (Fsp3) is 0.706. The van der Waals surface area contributed by atoms with Gasteiger partial charge in [0.1, 0.15) is 5.76 Å². The SMILES string of the molecule is O=C(NCCCSCc1ccco1)C1[C@@H]2[C@H]3CC[C@H](C3)[C@H]12. The summed E-state index contributed by atoms with van der Waals surface area (Å²) in [5.74, 6) is 7.06. The van der Waals surface area contributed by atoms with Crippen LogP contribution in [0.15, 0.2) is 22.8 Å². The summed E-state index contributed by atoms with van der Waals surface area (Å²) in [7, 11) is 0. The number of amides is 1. The van der Waals surface area contributed by atoms with Crippen molar-refractivity contribution in [3.63, 3.8) is 0 Å². The molecule has 1 unspecified atom stereocenters. The Bertz CT molecular complexity index is 485. The first kappa shape index (κ1) is 13.7. The number of fused-ring (bicyclic) bond motifs is 5. The van der Waals surface area contributed by atoms with Crippen molar-refractivity contribution in [2.45, 2.75) is 31.4 Å². The van der Waals surface area contributed by atoms with Crippen LogP contribution < -0.4 is 5.32 Å². The lowest BCUT2D eigenvalue weighted by Gasteiger charge is -2.09. The van der Waals surface area contributed by atoms with Crippen molar-refractivity contribution in [2.24, 2.45) is 29.6 Å². The Balaban J connectivity index is 1.10. The molecule has 3 fully saturated rings. The van der Waals surface area contributed by atoms with E-state index in [-0.39, 0.29) is 0 Å². The minimum Gasteiger partial charge on any atom is -0.468 e. The average molecular weight is 305 g/mol. The number of carbonyl (C=O) groups excluding carboxylic acids is 1. The average Bonchev–Trinajstić information content (AvgIpc) is 2.91. The highest BCUT2D eigenvalue weighted by Crippen LogP contribution is 2.69. The zero-order valence-corrected chi connectivity index (χ0v) is 13.1. The highest BCUT2D eigenvalue weighted by Gasteiger charge is 2.67. The van der Waals surface area contributed by atoms with E-state index in [9.17, 15) is 4.79 Å². The molecular formula is C17H23NO2S. The molecule has 21 heavy (non-hydrogen) atoms. The Labute approximate surface area is 130 Å². The molecule has 3 nitrogen and oxygen atoms in total. The molecule has 3 aliphatic rings. The van der Waals surface area contributed by atoms with E-state index >= 15 is 0 Å². The summed E-state index contributed by atoms with van der Waals surface area (Å²) in [6, 6.07) is 3.94. The smallest absolute Gasteiger partial charge is 0.223 e. The second kappa shape index (κ2) is 5.71. The fourth-order valence-corrected chi connectivity index (χ4v) is 5.60. The van der Waals surface area contributed by atoms with Gasteiger partial charge in [-0.15, -0.1) is 0 Å². The molecule has 3 aliphatic carbocycles. The van der Waals surface area contributed by atoms with Gasteiger partial charge in [0.15, 0.2) is 0 Å². The number of rotatable bonds is 7. The van der Waals surface area contributed by atoms with E-state index in [1.807, 2.05) is 23.9 Å². The second-order valence-corrected chi connectivity index (χ2v) is 7.90. The number of nitrogens with one attached hydrogen (secondary N) is 1. The van der Waals surface area contributed by atoms with Gasteiger partial charge >= 0.3 is 0 Å². The van der Waals surface area contributed by atoms with Gasteiger partial charge in [0, 0.05) is 12.5 Å². The van der Waals surface area contributed by atoms with E-state index in [2.05, 4.69) is 5.32 Å². The summed E-state index contributed by atoms with van der Waals surface area (Å²) in [5, 5.41) is 3.16. The summed E-state index contributed by atoms with van der Waals surface area (Å²) in [4.78, 5) is 12.2. The maximum atomic E-state index is 12.2. The Morgan fingerprint density at radius 1 is 1.33 bits per heavy atom. The van der Waals surface area contributed by atoms with E-state index in [0.717, 1.165) is 53.9 Å². The molecule has 0 aliphatic heterocycles. The molecule has 1 aromatic rings. The van der Waals surface area contributed by atoms with Gasteiger partial charge in [-0.2, -0.15) is 11.8 Å².